The van der Waals surface area contributed by atoms with Gasteiger partial charge in [0.05, 0.1) is 25.4 Å². The van der Waals surface area contributed by atoms with Crippen LogP contribution in [-0.4, -0.2) is 109 Å². The summed E-state index contributed by atoms with van der Waals surface area (Å²) in [5, 5.41) is 2.35. The molecule has 4 heterocycles. The van der Waals surface area contributed by atoms with Gasteiger partial charge in [0.1, 0.15) is 36.8 Å². The van der Waals surface area contributed by atoms with E-state index in [1.54, 1.807) is 9.80 Å². The zero-order valence-electron chi connectivity index (χ0n) is 31.1. The minimum Gasteiger partial charge on any atom is -0.461 e. The molecule has 54 heavy (non-hydrogen) atoms. The maximum Gasteiger partial charge on any atom is 0.410 e. The molecular weight excluding hydrogens is 686 g/mol. The van der Waals surface area contributed by atoms with E-state index in [9.17, 15) is 9.59 Å². The number of rotatable bonds is 8. The van der Waals surface area contributed by atoms with E-state index >= 15 is 0 Å². The molecule has 0 bridgehead atoms. The van der Waals surface area contributed by atoms with Crippen LogP contribution in [0.15, 0.2) is 72.8 Å². The Bertz CT molecular complexity index is 1990. The van der Waals surface area contributed by atoms with Crippen LogP contribution in [0.2, 0.25) is 0 Å². The molecule has 1 unspecified atom stereocenters. The molecule has 2 atom stereocenters. The van der Waals surface area contributed by atoms with E-state index in [-0.39, 0.29) is 37.9 Å². The molecule has 0 aliphatic carbocycles. The van der Waals surface area contributed by atoms with Crippen molar-refractivity contribution in [1.82, 2.24) is 19.8 Å². The number of aromatic nitrogens is 2. The third-order valence-electron chi connectivity index (χ3n) is 9.84. The average Bonchev–Trinajstić information content (AvgIpc) is 3.18. The monoisotopic (exact) mass is 733 g/mol. The third kappa shape index (κ3) is 8.60. The molecule has 3 aliphatic rings. The predicted octanol–water partition coefficient (Wildman–Crippen LogP) is 5.95. The first-order valence-corrected chi connectivity index (χ1v) is 18.6. The zero-order valence-corrected chi connectivity index (χ0v) is 31.1. The van der Waals surface area contributed by atoms with E-state index in [4.69, 9.17) is 35.5 Å². The van der Waals surface area contributed by atoms with E-state index in [1.165, 1.54) is 10.8 Å². The van der Waals surface area contributed by atoms with Gasteiger partial charge in [0, 0.05) is 49.4 Å². The first-order chi connectivity index (χ1) is 26.1. The van der Waals surface area contributed by atoms with Crippen molar-refractivity contribution < 1.29 is 28.5 Å². The van der Waals surface area contributed by atoms with Crippen molar-refractivity contribution >= 4 is 34.5 Å². The Hall–Kier alpha value is -5.61. The molecule has 13 heteroatoms. The molecule has 282 valence electrons. The smallest absolute Gasteiger partial charge is 0.410 e. The minimum absolute atomic E-state index is 0.135. The molecule has 13 nitrogen and oxygen atoms in total. The van der Waals surface area contributed by atoms with Crippen LogP contribution in [0.1, 0.15) is 37.6 Å². The number of fused-ring (bicyclic) bond motifs is 2. The van der Waals surface area contributed by atoms with Crippen molar-refractivity contribution in [2.45, 2.75) is 58.1 Å². The Morgan fingerprint density at radius 2 is 1.70 bits per heavy atom. The standard InChI is InChI=1S/C41H47N7O6/c1-41(2,3)54-39(49)47-21-22-51-32(25-47)28-52-38-43-35-26-45(36-16-10-14-30-13-8-9-15-33(30)36)18-17-34(35)37(44-38)46-19-20-48(31(24-46)23-42-4)40(50)53-27-29-11-6-5-7-12-29/h5-16,31-32H,17-28H2,1-3H3/t31?,32-/m1/s1. The van der Waals surface area contributed by atoms with Gasteiger partial charge in [0.15, 0.2) is 0 Å². The second-order valence-electron chi connectivity index (χ2n) is 14.8. The SMILES string of the molecule is [C-]#[N+]CC1CN(c2nc(OC[C@H]3CN(C(=O)OC(C)(C)C)CCO3)nc3c2CCN(c2cccc4ccccc24)C3)CCN1C(=O)OCc1ccccc1. The number of benzene rings is 3. The summed E-state index contributed by atoms with van der Waals surface area (Å²) < 4.78 is 23.5. The van der Waals surface area contributed by atoms with Gasteiger partial charge in [-0.2, -0.15) is 9.97 Å². The third-order valence-corrected chi connectivity index (χ3v) is 9.84. The maximum atomic E-state index is 13.3. The molecule has 2 amide bonds. The molecule has 0 saturated carbocycles. The normalized spacial score (nSPS) is 18.9. The number of piperazine rings is 1. The molecule has 4 aromatic rings. The van der Waals surface area contributed by atoms with E-state index in [0.29, 0.717) is 52.3 Å². The number of carbonyl (C=O) groups is 2. The van der Waals surface area contributed by atoms with Gasteiger partial charge in [-0.15, -0.1) is 0 Å². The minimum atomic E-state index is -0.601. The van der Waals surface area contributed by atoms with Crippen molar-refractivity contribution in [3.05, 3.63) is 101 Å². The summed E-state index contributed by atoms with van der Waals surface area (Å²) in [6.45, 7) is 17.4. The first-order valence-electron chi connectivity index (χ1n) is 18.6. The number of carbonyl (C=O) groups excluding carboxylic acids is 2. The summed E-state index contributed by atoms with van der Waals surface area (Å²) in [7, 11) is 0. The fourth-order valence-electron chi connectivity index (χ4n) is 7.24. The predicted molar refractivity (Wildman–Crippen MR) is 205 cm³/mol. The second-order valence-corrected chi connectivity index (χ2v) is 14.8. The number of amides is 2. The second kappa shape index (κ2) is 16.2. The summed E-state index contributed by atoms with van der Waals surface area (Å²) in [6.07, 6.45) is -0.499. The van der Waals surface area contributed by atoms with Gasteiger partial charge in [-0.1, -0.05) is 66.7 Å². The molecule has 2 saturated heterocycles. The van der Waals surface area contributed by atoms with Crippen LogP contribution < -0.4 is 14.5 Å². The quantitative estimate of drug-likeness (QED) is 0.201. The van der Waals surface area contributed by atoms with E-state index in [0.717, 1.165) is 34.9 Å². The number of anilines is 2. The van der Waals surface area contributed by atoms with E-state index in [2.05, 4.69) is 51.0 Å². The van der Waals surface area contributed by atoms with E-state index in [1.807, 2.05) is 57.2 Å². The van der Waals surface area contributed by atoms with Crippen LogP contribution in [0.3, 0.4) is 0 Å². The van der Waals surface area contributed by atoms with Gasteiger partial charge in [0.25, 0.3) is 0 Å². The van der Waals surface area contributed by atoms with Crippen LogP contribution in [-0.2, 0) is 33.8 Å². The van der Waals surface area contributed by atoms with Gasteiger partial charge in [-0.25, -0.2) is 16.2 Å². The largest absolute Gasteiger partial charge is 0.461 e. The molecule has 3 aliphatic heterocycles. The lowest BCUT2D eigenvalue weighted by atomic mass is 10.0. The highest BCUT2D eigenvalue weighted by Crippen LogP contribution is 2.35. The molecular formula is C41H47N7O6. The molecule has 0 N–H and O–H groups in total. The number of morpholine rings is 1. The lowest BCUT2D eigenvalue weighted by molar-refractivity contribution is -0.0566. The molecule has 7 rings (SSSR count). The Kier molecular flexibility index (Phi) is 11.0. The highest BCUT2D eigenvalue weighted by Gasteiger charge is 2.37. The van der Waals surface area contributed by atoms with Gasteiger partial charge in [-0.05, 0) is 44.2 Å². The van der Waals surface area contributed by atoms with Crippen LogP contribution in [0.4, 0.5) is 21.1 Å². The summed E-state index contributed by atoms with van der Waals surface area (Å²) >= 11 is 0. The topological polar surface area (TPSA) is 114 Å². The van der Waals surface area contributed by atoms with Crippen LogP contribution in [0.25, 0.3) is 15.6 Å². The fraction of sp³-hybridized carbons (Fsp3) is 0.439. The number of ether oxygens (including phenoxy) is 4. The van der Waals surface area contributed by atoms with Crippen LogP contribution in [0.5, 0.6) is 6.01 Å². The Morgan fingerprint density at radius 1 is 0.907 bits per heavy atom. The van der Waals surface area contributed by atoms with Crippen molar-refractivity contribution in [2.75, 3.05) is 68.8 Å². The summed E-state index contributed by atoms with van der Waals surface area (Å²) in [6, 6.07) is 24.1. The highest BCUT2D eigenvalue weighted by atomic mass is 16.6. The van der Waals surface area contributed by atoms with Gasteiger partial charge < -0.3 is 38.5 Å². The Morgan fingerprint density at radius 3 is 2.52 bits per heavy atom. The Labute approximate surface area is 316 Å². The number of hydrogen-bond acceptors (Lipinski definition) is 10. The molecule has 3 aromatic carbocycles. The highest BCUT2D eigenvalue weighted by molar-refractivity contribution is 5.94. The molecule has 0 radical (unpaired) electrons. The fourth-order valence-corrected chi connectivity index (χ4v) is 7.24. The van der Waals surface area contributed by atoms with Crippen molar-refractivity contribution in [3.63, 3.8) is 0 Å². The lowest BCUT2D eigenvalue weighted by Crippen LogP contribution is -2.57. The zero-order chi connectivity index (χ0) is 37.7. The molecule has 0 spiro atoms. The van der Waals surface area contributed by atoms with Crippen LogP contribution >= 0.6 is 0 Å². The Balaban J connectivity index is 1.12. The summed E-state index contributed by atoms with van der Waals surface area (Å²) in [5.74, 6) is 0.750. The van der Waals surface area contributed by atoms with Crippen molar-refractivity contribution in [2.24, 2.45) is 0 Å². The number of hydrogen-bond donors (Lipinski definition) is 0. The summed E-state index contributed by atoms with van der Waals surface area (Å²) in [5.41, 5.74) is 3.33. The van der Waals surface area contributed by atoms with Gasteiger partial charge >= 0.3 is 18.2 Å². The van der Waals surface area contributed by atoms with Crippen LogP contribution in [0, 0.1) is 6.57 Å². The average molecular weight is 734 g/mol. The first kappa shape index (κ1) is 36.7. The van der Waals surface area contributed by atoms with Crippen molar-refractivity contribution in [3.8, 4) is 6.01 Å². The van der Waals surface area contributed by atoms with Gasteiger partial charge in [-0.3, -0.25) is 4.90 Å². The van der Waals surface area contributed by atoms with Gasteiger partial charge in [0.2, 0.25) is 6.54 Å². The lowest BCUT2D eigenvalue weighted by Gasteiger charge is -2.40. The number of nitrogens with zero attached hydrogens (tertiary/aromatic N) is 7. The van der Waals surface area contributed by atoms with Crippen molar-refractivity contribution in [1.29, 1.82) is 0 Å². The summed E-state index contributed by atoms with van der Waals surface area (Å²) in [4.78, 5) is 47.6. The van der Waals surface area contributed by atoms with E-state index < -0.39 is 17.8 Å². The molecule has 2 fully saturated rings. The maximum absolute atomic E-state index is 13.3. The molecule has 1 aromatic heterocycles.